The number of aryl methyl sites for hydroxylation is 3. The molecule has 0 atom stereocenters. The quantitative estimate of drug-likeness (QED) is 0.0488. The molecule has 55 heavy (non-hydrogen) atoms. The number of aromatic hydroxyl groups is 1. The smallest absolute Gasteiger partial charge is 0.291 e. The van der Waals surface area contributed by atoms with E-state index in [0.29, 0.717) is 59.1 Å². The van der Waals surface area contributed by atoms with Gasteiger partial charge in [-0.1, -0.05) is 6.07 Å². The molecule has 0 unspecified atom stereocenters. The maximum absolute atomic E-state index is 13.0. The number of furan rings is 1. The third-order valence-electron chi connectivity index (χ3n) is 8.30. The molecule has 0 saturated heterocycles. The van der Waals surface area contributed by atoms with E-state index in [4.69, 9.17) is 21.8 Å². The van der Waals surface area contributed by atoms with Crippen LogP contribution in [0.5, 0.6) is 5.75 Å². The number of nitrogens with one attached hydrogen (secondary N) is 5. The normalized spacial score (nSPS) is 10.8. The predicted molar refractivity (Wildman–Crippen MR) is 212 cm³/mol. The molecule has 0 radical (unpaired) electrons. The molecule has 18 heteroatoms. The fourth-order valence-electron chi connectivity index (χ4n) is 5.60. The number of hydrogen-bond donors (Lipinski definition) is 7. The van der Waals surface area contributed by atoms with E-state index in [-0.39, 0.29) is 72.5 Å². The van der Waals surface area contributed by atoms with Crippen molar-refractivity contribution in [3.05, 3.63) is 83.8 Å². The van der Waals surface area contributed by atoms with Gasteiger partial charge < -0.3 is 51.0 Å². The molecule has 16 nitrogen and oxygen atoms in total. The van der Waals surface area contributed by atoms with Crippen molar-refractivity contribution in [3.8, 4) is 5.75 Å². The summed E-state index contributed by atoms with van der Waals surface area (Å²) in [5.41, 5.74) is 8.37. The van der Waals surface area contributed by atoms with Gasteiger partial charge in [0.05, 0.1) is 5.69 Å². The highest BCUT2D eigenvalue weighted by Gasteiger charge is 2.19. The summed E-state index contributed by atoms with van der Waals surface area (Å²) in [6.07, 6.45) is 5.50. The first kappa shape index (κ1) is 41.9. The number of unbranched alkanes of at least 4 members (excludes halogenated alkanes) is 1. The van der Waals surface area contributed by atoms with E-state index in [1.807, 2.05) is 0 Å². The summed E-state index contributed by atoms with van der Waals surface area (Å²) >= 11 is 5.87. The van der Waals surface area contributed by atoms with Crippen LogP contribution in [0.3, 0.4) is 0 Å². The second kappa shape index (κ2) is 19.5. The Kier molecular flexibility index (Phi) is 14.8. The van der Waals surface area contributed by atoms with E-state index < -0.39 is 11.8 Å². The number of aromatic nitrogens is 3. The van der Waals surface area contributed by atoms with E-state index in [2.05, 4.69) is 31.6 Å². The molecule has 0 saturated carbocycles. The summed E-state index contributed by atoms with van der Waals surface area (Å²) in [6, 6.07) is 12.7. The van der Waals surface area contributed by atoms with Crippen molar-refractivity contribution in [2.75, 3.05) is 40.2 Å². The SMILES string of the molecule is Cl.Cn1cc(NC(=O)c2nc(NC(=O)CCCC(=O)Nc3ccc4oc(C(=O)Nc5cc(O)ccc5CCCl)cc4c3)cn2C)cc1C(=O)NCCCCN. The predicted octanol–water partition coefficient (Wildman–Crippen LogP) is 5.13. The molecule has 2 aromatic carbocycles. The molecule has 292 valence electrons. The molecule has 3 aromatic heterocycles. The molecule has 3 heterocycles. The van der Waals surface area contributed by atoms with Crippen LogP contribution < -0.4 is 32.3 Å². The van der Waals surface area contributed by atoms with E-state index in [1.54, 1.807) is 61.3 Å². The highest BCUT2D eigenvalue weighted by atomic mass is 35.5. The van der Waals surface area contributed by atoms with Gasteiger partial charge in [-0.15, -0.1) is 24.0 Å². The number of anilines is 4. The summed E-state index contributed by atoms with van der Waals surface area (Å²) in [4.78, 5) is 68.0. The molecule has 0 fully saturated rings. The molecule has 0 spiro atoms. The van der Waals surface area contributed by atoms with Crippen molar-refractivity contribution >= 4 is 87.4 Å². The van der Waals surface area contributed by atoms with Gasteiger partial charge in [0, 0.05) is 74.6 Å². The molecule has 5 aromatic rings. The van der Waals surface area contributed by atoms with Crippen molar-refractivity contribution in [3.63, 3.8) is 0 Å². The Balaban J connectivity index is 0.00000673. The van der Waals surface area contributed by atoms with Crippen molar-refractivity contribution in [2.24, 2.45) is 19.8 Å². The van der Waals surface area contributed by atoms with Crippen LogP contribution in [0.15, 0.2) is 65.3 Å². The second-order valence-corrected chi connectivity index (χ2v) is 12.9. The Morgan fingerprint density at radius 2 is 1.58 bits per heavy atom. The Bertz CT molecular complexity index is 2180. The van der Waals surface area contributed by atoms with Gasteiger partial charge in [0.1, 0.15) is 17.0 Å². The van der Waals surface area contributed by atoms with Crippen LogP contribution in [0.25, 0.3) is 11.0 Å². The number of carbonyl (C=O) groups is 5. The summed E-state index contributed by atoms with van der Waals surface area (Å²) in [5.74, 6) is -1.43. The minimum absolute atomic E-state index is 0. The van der Waals surface area contributed by atoms with Gasteiger partial charge in [-0.05, 0) is 74.2 Å². The minimum atomic E-state index is -0.534. The number of imidazole rings is 1. The van der Waals surface area contributed by atoms with Crippen LogP contribution in [0, 0.1) is 0 Å². The molecule has 5 rings (SSSR count). The zero-order chi connectivity index (χ0) is 38.8. The van der Waals surface area contributed by atoms with Gasteiger partial charge in [0.25, 0.3) is 17.7 Å². The molecule has 5 amide bonds. The summed E-state index contributed by atoms with van der Waals surface area (Å²) < 4.78 is 8.78. The van der Waals surface area contributed by atoms with Gasteiger partial charge >= 0.3 is 0 Å². The molecule has 0 aliphatic carbocycles. The lowest BCUT2D eigenvalue weighted by Crippen LogP contribution is -2.26. The molecule has 0 bridgehead atoms. The number of halogens is 2. The van der Waals surface area contributed by atoms with Crippen LogP contribution in [-0.2, 0) is 30.1 Å². The third-order valence-corrected chi connectivity index (χ3v) is 8.48. The van der Waals surface area contributed by atoms with Crippen LogP contribution in [-0.4, -0.2) is 67.7 Å². The van der Waals surface area contributed by atoms with Gasteiger partial charge in [0.2, 0.25) is 17.6 Å². The van der Waals surface area contributed by atoms with Crippen LogP contribution in [0.4, 0.5) is 22.9 Å². The highest BCUT2D eigenvalue weighted by molar-refractivity contribution is 6.18. The zero-order valence-corrected chi connectivity index (χ0v) is 31.8. The first-order valence-electron chi connectivity index (χ1n) is 17.3. The highest BCUT2D eigenvalue weighted by Crippen LogP contribution is 2.27. The number of benzene rings is 2. The lowest BCUT2D eigenvalue weighted by molar-refractivity contribution is -0.117. The zero-order valence-electron chi connectivity index (χ0n) is 30.2. The average Bonchev–Trinajstić information content (AvgIpc) is 3.83. The maximum atomic E-state index is 13.0. The van der Waals surface area contributed by atoms with Crippen LogP contribution >= 0.6 is 24.0 Å². The fourth-order valence-corrected chi connectivity index (χ4v) is 5.80. The van der Waals surface area contributed by atoms with E-state index in [0.717, 1.165) is 18.4 Å². The number of rotatable bonds is 17. The van der Waals surface area contributed by atoms with E-state index in [9.17, 15) is 29.1 Å². The number of phenolic OH excluding ortho intramolecular Hbond substituents is 1. The number of carbonyl (C=O) groups excluding carboxylic acids is 5. The Hall–Kier alpha value is -5.84. The number of hydrogen-bond acceptors (Lipinski definition) is 9. The number of alkyl halides is 1. The summed E-state index contributed by atoms with van der Waals surface area (Å²) in [7, 11) is 3.31. The van der Waals surface area contributed by atoms with Gasteiger partial charge in [-0.2, -0.15) is 0 Å². The third kappa shape index (κ3) is 11.3. The molecule has 8 N–H and O–H groups in total. The molecular formula is C37H43Cl2N9O7. The van der Waals surface area contributed by atoms with Crippen molar-refractivity contribution in [1.82, 2.24) is 19.4 Å². The first-order valence-corrected chi connectivity index (χ1v) is 17.8. The summed E-state index contributed by atoms with van der Waals surface area (Å²) in [5, 5.41) is 24.2. The maximum Gasteiger partial charge on any atom is 0.291 e. The topological polar surface area (TPSA) is 228 Å². The number of phenols is 1. The average molecular weight is 797 g/mol. The Morgan fingerprint density at radius 3 is 2.33 bits per heavy atom. The number of nitrogens with two attached hydrogens (primary N) is 1. The van der Waals surface area contributed by atoms with Crippen molar-refractivity contribution in [2.45, 2.75) is 38.5 Å². The van der Waals surface area contributed by atoms with E-state index >= 15 is 0 Å². The molecule has 0 aliphatic rings. The lowest BCUT2D eigenvalue weighted by atomic mass is 10.1. The number of nitrogens with zero attached hydrogens (tertiary/aromatic N) is 3. The molecular weight excluding hydrogens is 753 g/mol. The summed E-state index contributed by atoms with van der Waals surface area (Å²) in [6.45, 7) is 1.05. The first-order chi connectivity index (χ1) is 25.9. The van der Waals surface area contributed by atoms with E-state index in [1.165, 1.54) is 22.9 Å². The lowest BCUT2D eigenvalue weighted by Gasteiger charge is -2.09. The van der Waals surface area contributed by atoms with Gasteiger partial charge in [-0.3, -0.25) is 24.0 Å². The van der Waals surface area contributed by atoms with Gasteiger partial charge in [-0.25, -0.2) is 4.98 Å². The minimum Gasteiger partial charge on any atom is -0.508 e. The molecule has 0 aliphatic heterocycles. The van der Waals surface area contributed by atoms with Gasteiger partial charge in [0.15, 0.2) is 11.6 Å². The monoisotopic (exact) mass is 795 g/mol. The Labute approximate surface area is 327 Å². The number of fused-ring (bicyclic) bond motifs is 1. The van der Waals surface area contributed by atoms with Crippen LogP contribution in [0.1, 0.15) is 69.3 Å². The van der Waals surface area contributed by atoms with Crippen LogP contribution in [0.2, 0.25) is 0 Å². The second-order valence-electron chi connectivity index (χ2n) is 12.5. The standard InChI is InChI=1S/C37H42ClN9O7.ClH/c1-46-20-25(18-28(46)35(51)40-15-4-3-14-39)42-37(53)34-45-31(21-47(34)2)44-33(50)7-5-6-32(49)41-24-9-11-29-23(16-24)17-30(54-29)36(52)43-27-19-26(48)10-8-22(27)12-13-38;/h8-11,16-21,48H,3-7,12-15,39H2,1-2H3,(H,40,51)(H,41,49)(H,42,53)(H,43,52)(H,44,50);1H. The largest absolute Gasteiger partial charge is 0.508 e. The Morgan fingerprint density at radius 1 is 0.818 bits per heavy atom. The van der Waals surface area contributed by atoms with Crippen molar-refractivity contribution < 1.29 is 33.5 Å². The van der Waals surface area contributed by atoms with Crippen molar-refractivity contribution in [1.29, 1.82) is 0 Å². The number of amides is 5. The fraction of sp³-hybridized carbons (Fsp3) is 0.297.